The molecule has 0 aliphatic heterocycles. The molecular weight excluding hydrogens is 366 g/mol. The van der Waals surface area contributed by atoms with Crippen molar-refractivity contribution in [1.29, 1.82) is 0 Å². The van der Waals surface area contributed by atoms with Crippen LogP contribution in [0.25, 0.3) is 0 Å². The summed E-state index contributed by atoms with van der Waals surface area (Å²) in [6.07, 6.45) is 3.11. The van der Waals surface area contributed by atoms with E-state index in [0.29, 0.717) is 18.0 Å². The zero-order chi connectivity index (χ0) is 19.4. The summed E-state index contributed by atoms with van der Waals surface area (Å²) in [7, 11) is -0.972. The second kappa shape index (κ2) is 7.71. The van der Waals surface area contributed by atoms with Crippen molar-refractivity contribution >= 4 is 15.7 Å². The van der Waals surface area contributed by atoms with Gasteiger partial charge in [0.15, 0.2) is 0 Å². The number of rotatable bonds is 7. The van der Waals surface area contributed by atoms with E-state index in [-0.39, 0.29) is 10.6 Å². The highest BCUT2D eigenvalue weighted by atomic mass is 32.2. The minimum atomic E-state index is -3.86. The predicted octanol–water partition coefficient (Wildman–Crippen LogP) is 3.06. The van der Waals surface area contributed by atoms with Crippen molar-refractivity contribution in [3.05, 3.63) is 66.0 Å². The van der Waals surface area contributed by atoms with Crippen molar-refractivity contribution in [3.8, 4) is 11.5 Å². The normalized spacial score (nSPS) is 11.2. The van der Waals surface area contributed by atoms with E-state index in [2.05, 4.69) is 9.82 Å². The smallest absolute Gasteiger partial charge is 0.265 e. The van der Waals surface area contributed by atoms with E-state index >= 15 is 0 Å². The Morgan fingerprint density at radius 2 is 1.81 bits per heavy atom. The third-order valence-corrected chi connectivity index (χ3v) is 5.41. The molecule has 3 aromatic rings. The number of nitrogens with one attached hydrogen (secondary N) is 1. The van der Waals surface area contributed by atoms with Gasteiger partial charge in [0.05, 0.1) is 32.6 Å². The van der Waals surface area contributed by atoms with Crippen LogP contribution in [-0.2, 0) is 16.6 Å². The molecule has 0 unspecified atom stereocenters. The molecule has 0 spiro atoms. The van der Waals surface area contributed by atoms with Crippen LogP contribution in [0.15, 0.2) is 59.8 Å². The molecule has 1 aromatic heterocycles. The first kappa shape index (κ1) is 18.8. The highest BCUT2D eigenvalue weighted by Gasteiger charge is 2.21. The molecule has 0 aliphatic carbocycles. The predicted molar refractivity (Wildman–Crippen MR) is 103 cm³/mol. The topological polar surface area (TPSA) is 82.4 Å². The van der Waals surface area contributed by atoms with Gasteiger partial charge in [0.1, 0.15) is 16.4 Å². The average molecular weight is 387 g/mol. The van der Waals surface area contributed by atoms with Crippen LogP contribution in [-0.4, -0.2) is 32.4 Å². The van der Waals surface area contributed by atoms with Gasteiger partial charge in [0, 0.05) is 12.3 Å². The van der Waals surface area contributed by atoms with Gasteiger partial charge in [-0.15, -0.1) is 0 Å². The van der Waals surface area contributed by atoms with E-state index in [0.717, 1.165) is 5.56 Å². The molecule has 1 heterocycles. The number of aromatic nitrogens is 2. The first-order chi connectivity index (χ1) is 12.9. The molecule has 0 radical (unpaired) electrons. The van der Waals surface area contributed by atoms with Crippen molar-refractivity contribution < 1.29 is 17.9 Å². The van der Waals surface area contributed by atoms with Gasteiger partial charge < -0.3 is 9.47 Å². The maximum atomic E-state index is 12.8. The number of methoxy groups -OCH3 is 2. The van der Waals surface area contributed by atoms with Crippen LogP contribution >= 0.6 is 0 Å². The zero-order valence-corrected chi connectivity index (χ0v) is 16.2. The summed E-state index contributed by atoms with van der Waals surface area (Å²) < 4.78 is 40.0. The van der Waals surface area contributed by atoms with Crippen LogP contribution < -0.4 is 14.2 Å². The number of aryl methyl sites for hydroxylation is 1. The Morgan fingerprint density at radius 1 is 1.07 bits per heavy atom. The fourth-order valence-electron chi connectivity index (χ4n) is 2.59. The fraction of sp³-hybridized carbons (Fsp3) is 0.211. The number of hydrogen-bond donors (Lipinski definition) is 1. The number of anilines is 1. The quantitative estimate of drug-likeness (QED) is 0.674. The van der Waals surface area contributed by atoms with Gasteiger partial charge in [-0.3, -0.25) is 9.40 Å². The van der Waals surface area contributed by atoms with Crippen molar-refractivity contribution in [2.24, 2.45) is 0 Å². The Morgan fingerprint density at radius 3 is 2.48 bits per heavy atom. The Kier molecular flexibility index (Phi) is 5.36. The monoisotopic (exact) mass is 387 g/mol. The van der Waals surface area contributed by atoms with E-state index in [1.54, 1.807) is 23.0 Å². The standard InChI is InChI=1S/C19H21N3O4S/c1-14-4-6-15(7-5-14)12-22-13-16(11-20-22)21-27(23,24)19-10-17(25-2)8-9-18(19)26-3/h4-11,13,21H,12H2,1-3H3. The molecule has 0 saturated carbocycles. The molecule has 0 amide bonds. The molecule has 3 rings (SSSR count). The highest BCUT2D eigenvalue weighted by molar-refractivity contribution is 7.92. The van der Waals surface area contributed by atoms with E-state index in [4.69, 9.17) is 9.47 Å². The van der Waals surface area contributed by atoms with Gasteiger partial charge in [-0.05, 0) is 24.6 Å². The fourth-order valence-corrected chi connectivity index (χ4v) is 3.80. The van der Waals surface area contributed by atoms with Crippen LogP contribution in [0.1, 0.15) is 11.1 Å². The van der Waals surface area contributed by atoms with Gasteiger partial charge in [-0.2, -0.15) is 5.10 Å². The van der Waals surface area contributed by atoms with Crippen LogP contribution in [0.5, 0.6) is 11.5 Å². The van der Waals surface area contributed by atoms with Crippen LogP contribution in [0.2, 0.25) is 0 Å². The van der Waals surface area contributed by atoms with E-state index in [9.17, 15) is 8.42 Å². The Labute approximate surface area is 158 Å². The molecule has 0 atom stereocenters. The first-order valence-electron chi connectivity index (χ1n) is 8.24. The number of sulfonamides is 1. The molecule has 0 fully saturated rings. The summed E-state index contributed by atoms with van der Waals surface area (Å²) >= 11 is 0. The molecule has 27 heavy (non-hydrogen) atoms. The summed E-state index contributed by atoms with van der Waals surface area (Å²) in [5, 5.41) is 4.22. The molecule has 0 bridgehead atoms. The molecule has 7 nitrogen and oxygen atoms in total. The first-order valence-corrected chi connectivity index (χ1v) is 9.72. The SMILES string of the molecule is COc1ccc(OC)c(S(=O)(=O)Nc2cnn(Cc3ccc(C)cc3)c2)c1. The summed E-state index contributed by atoms with van der Waals surface area (Å²) in [4.78, 5) is -0.00404. The van der Waals surface area contributed by atoms with Crippen molar-refractivity contribution in [2.45, 2.75) is 18.4 Å². The third kappa shape index (κ3) is 4.40. The largest absolute Gasteiger partial charge is 0.497 e. The molecule has 8 heteroatoms. The van der Waals surface area contributed by atoms with E-state index in [1.807, 2.05) is 31.2 Å². The van der Waals surface area contributed by atoms with Crippen LogP contribution in [0.4, 0.5) is 5.69 Å². The molecule has 1 N–H and O–H groups in total. The van der Waals surface area contributed by atoms with Crippen molar-refractivity contribution in [1.82, 2.24) is 9.78 Å². The average Bonchev–Trinajstić information content (AvgIpc) is 3.09. The van der Waals surface area contributed by atoms with Crippen molar-refractivity contribution in [2.75, 3.05) is 18.9 Å². The number of hydrogen-bond acceptors (Lipinski definition) is 5. The Bertz CT molecular complexity index is 1030. The van der Waals surface area contributed by atoms with Crippen LogP contribution in [0.3, 0.4) is 0 Å². The lowest BCUT2D eigenvalue weighted by molar-refractivity contribution is 0.392. The highest BCUT2D eigenvalue weighted by Crippen LogP contribution is 2.29. The second-order valence-corrected chi connectivity index (χ2v) is 7.69. The maximum Gasteiger partial charge on any atom is 0.265 e. The maximum absolute atomic E-state index is 12.8. The molecule has 0 saturated heterocycles. The number of ether oxygens (including phenoxy) is 2. The second-order valence-electron chi connectivity index (χ2n) is 6.03. The van der Waals surface area contributed by atoms with Gasteiger partial charge in [0.25, 0.3) is 10.0 Å². The summed E-state index contributed by atoms with van der Waals surface area (Å²) in [6.45, 7) is 2.57. The molecule has 0 aliphatic rings. The zero-order valence-electron chi connectivity index (χ0n) is 15.3. The van der Waals surface area contributed by atoms with Crippen LogP contribution in [0, 0.1) is 6.92 Å². The summed E-state index contributed by atoms with van der Waals surface area (Å²) in [5.74, 6) is 0.654. The lowest BCUT2D eigenvalue weighted by Crippen LogP contribution is -2.14. The molecule has 142 valence electrons. The Balaban J connectivity index is 1.81. The van der Waals surface area contributed by atoms with E-state index < -0.39 is 10.0 Å². The summed E-state index contributed by atoms with van der Waals surface area (Å²) in [6, 6.07) is 12.7. The van der Waals surface area contributed by atoms with E-state index in [1.165, 1.54) is 32.0 Å². The minimum absolute atomic E-state index is 0.00404. The third-order valence-electron chi connectivity index (χ3n) is 4.01. The summed E-state index contributed by atoms with van der Waals surface area (Å²) in [5.41, 5.74) is 2.62. The number of benzene rings is 2. The number of nitrogens with zero attached hydrogens (tertiary/aromatic N) is 2. The lowest BCUT2D eigenvalue weighted by atomic mass is 10.1. The molecular formula is C19H21N3O4S. The molecule has 2 aromatic carbocycles. The lowest BCUT2D eigenvalue weighted by Gasteiger charge is -2.11. The van der Waals surface area contributed by atoms with Gasteiger partial charge in [0.2, 0.25) is 0 Å². The van der Waals surface area contributed by atoms with Gasteiger partial charge >= 0.3 is 0 Å². The minimum Gasteiger partial charge on any atom is -0.497 e. The van der Waals surface area contributed by atoms with Gasteiger partial charge in [-0.1, -0.05) is 29.8 Å². The van der Waals surface area contributed by atoms with Crippen molar-refractivity contribution in [3.63, 3.8) is 0 Å². The Hall–Kier alpha value is -3.00. The van der Waals surface area contributed by atoms with Gasteiger partial charge in [-0.25, -0.2) is 8.42 Å².